The quantitative estimate of drug-likeness (QED) is 0.897. The van der Waals surface area contributed by atoms with Crippen molar-refractivity contribution in [2.75, 3.05) is 24.5 Å². The summed E-state index contributed by atoms with van der Waals surface area (Å²) >= 11 is 0. The minimum atomic E-state index is 0.198. The molecule has 0 aliphatic carbocycles. The van der Waals surface area contributed by atoms with Crippen LogP contribution in [-0.2, 0) is 12.8 Å². The average Bonchev–Trinajstić information content (AvgIpc) is 2.62. The van der Waals surface area contributed by atoms with Gasteiger partial charge in [0, 0.05) is 25.7 Å². The third kappa shape index (κ3) is 3.42. The van der Waals surface area contributed by atoms with Gasteiger partial charge < -0.3 is 15.3 Å². The molecule has 1 saturated heterocycles. The first-order valence-electron chi connectivity index (χ1n) is 8.21. The second kappa shape index (κ2) is 6.91. The van der Waals surface area contributed by atoms with Gasteiger partial charge in [0.05, 0.1) is 11.4 Å². The normalized spacial score (nSPS) is 18.2. The lowest BCUT2D eigenvalue weighted by Gasteiger charge is -2.34. The van der Waals surface area contributed by atoms with Crippen LogP contribution in [0, 0.1) is 0 Å². The Labute approximate surface area is 136 Å². The van der Waals surface area contributed by atoms with Crippen LogP contribution in [0.15, 0.2) is 24.3 Å². The summed E-state index contributed by atoms with van der Waals surface area (Å²) in [7, 11) is 0. The van der Waals surface area contributed by atoms with E-state index in [1.165, 1.54) is 0 Å². The second-order valence-corrected chi connectivity index (χ2v) is 5.76. The number of hydrogen-bond donors (Lipinski definition) is 2. The molecule has 122 valence electrons. The molecule has 0 saturated carbocycles. The molecular weight excluding hydrogens is 290 g/mol. The van der Waals surface area contributed by atoms with E-state index in [4.69, 9.17) is 4.98 Å². The van der Waals surface area contributed by atoms with Crippen molar-refractivity contribution in [2.45, 2.75) is 32.7 Å². The van der Waals surface area contributed by atoms with Gasteiger partial charge in [-0.1, -0.05) is 26.0 Å². The topological polar surface area (TPSA) is 74.2 Å². The van der Waals surface area contributed by atoms with Crippen molar-refractivity contribution >= 4 is 5.95 Å². The van der Waals surface area contributed by atoms with E-state index >= 15 is 0 Å². The highest BCUT2D eigenvalue weighted by Crippen LogP contribution is 2.22. The zero-order valence-corrected chi connectivity index (χ0v) is 13.7. The lowest BCUT2D eigenvalue weighted by atomic mass is 10.0. The Bertz CT molecular complexity index is 659. The van der Waals surface area contributed by atoms with Crippen LogP contribution in [0.5, 0.6) is 5.75 Å². The third-order valence-electron chi connectivity index (χ3n) is 4.25. The van der Waals surface area contributed by atoms with E-state index in [1.54, 1.807) is 12.1 Å². The maximum absolute atomic E-state index is 9.43. The van der Waals surface area contributed by atoms with Crippen LogP contribution in [-0.4, -0.2) is 39.9 Å². The Morgan fingerprint density at radius 2 is 1.87 bits per heavy atom. The zero-order valence-electron chi connectivity index (χ0n) is 13.7. The molecule has 1 aliphatic heterocycles. The van der Waals surface area contributed by atoms with Gasteiger partial charge in [-0.05, 0) is 30.5 Å². The number of hydrogen-bond acceptors (Lipinski definition) is 6. The van der Waals surface area contributed by atoms with Gasteiger partial charge in [-0.25, -0.2) is 4.98 Å². The predicted octanol–water partition coefficient (Wildman–Crippen LogP) is 1.85. The number of aryl methyl sites for hydroxylation is 2. The Morgan fingerprint density at radius 3 is 2.57 bits per heavy atom. The van der Waals surface area contributed by atoms with E-state index < -0.39 is 0 Å². The Balaban J connectivity index is 1.79. The number of anilines is 1. The molecule has 3 rings (SSSR count). The highest BCUT2D eigenvalue weighted by Gasteiger charge is 2.23. The molecule has 2 N–H and O–H groups in total. The number of nitrogens with zero attached hydrogens (tertiary/aromatic N) is 4. The smallest absolute Gasteiger partial charge is 0.245 e. The molecule has 1 aliphatic rings. The van der Waals surface area contributed by atoms with Crippen molar-refractivity contribution in [3.05, 3.63) is 41.2 Å². The van der Waals surface area contributed by atoms with Crippen molar-refractivity contribution in [1.29, 1.82) is 0 Å². The number of phenols is 1. The van der Waals surface area contributed by atoms with E-state index in [0.717, 1.165) is 49.4 Å². The van der Waals surface area contributed by atoms with Crippen LogP contribution in [0.4, 0.5) is 5.95 Å². The molecule has 2 heterocycles. The molecule has 1 atom stereocenters. The molecule has 1 unspecified atom stereocenters. The summed E-state index contributed by atoms with van der Waals surface area (Å²) in [6, 6.07) is 7.54. The van der Waals surface area contributed by atoms with Crippen LogP contribution in [0.3, 0.4) is 0 Å². The molecular formula is C17H23N5O. The van der Waals surface area contributed by atoms with Crippen LogP contribution in [0.25, 0.3) is 0 Å². The summed E-state index contributed by atoms with van der Waals surface area (Å²) in [4.78, 5) is 6.89. The van der Waals surface area contributed by atoms with Gasteiger partial charge in [0.25, 0.3) is 0 Å². The number of phenolic OH excluding ortho intramolecular Hbond substituents is 1. The number of benzene rings is 1. The summed E-state index contributed by atoms with van der Waals surface area (Å²) in [5.74, 6) is 1.00. The van der Waals surface area contributed by atoms with E-state index in [0.29, 0.717) is 5.95 Å². The lowest BCUT2D eigenvalue weighted by molar-refractivity contribution is 0.460. The van der Waals surface area contributed by atoms with Crippen molar-refractivity contribution < 1.29 is 5.11 Å². The third-order valence-corrected chi connectivity index (χ3v) is 4.25. The van der Waals surface area contributed by atoms with Gasteiger partial charge in [-0.3, -0.25) is 0 Å². The fourth-order valence-electron chi connectivity index (χ4n) is 2.92. The van der Waals surface area contributed by atoms with E-state index in [2.05, 4.69) is 34.3 Å². The Kier molecular flexibility index (Phi) is 4.71. The molecule has 0 amide bonds. The number of rotatable bonds is 4. The van der Waals surface area contributed by atoms with Crippen molar-refractivity contribution in [3.8, 4) is 5.75 Å². The summed E-state index contributed by atoms with van der Waals surface area (Å²) in [5, 5.41) is 21.6. The fraction of sp³-hybridized carbons (Fsp3) is 0.471. The predicted molar refractivity (Wildman–Crippen MR) is 89.6 cm³/mol. The maximum Gasteiger partial charge on any atom is 0.245 e. The zero-order chi connectivity index (χ0) is 16.2. The van der Waals surface area contributed by atoms with Crippen LogP contribution in [0.2, 0.25) is 0 Å². The molecule has 0 radical (unpaired) electrons. The van der Waals surface area contributed by atoms with E-state index in [9.17, 15) is 5.11 Å². The minimum absolute atomic E-state index is 0.198. The molecule has 0 spiro atoms. The SMILES string of the molecule is CCc1nnc(N2CCNC(c3ccc(O)cc3)C2)nc1CC. The molecule has 6 nitrogen and oxygen atoms in total. The number of aromatic hydroxyl groups is 1. The highest BCUT2D eigenvalue weighted by atomic mass is 16.3. The fourth-order valence-corrected chi connectivity index (χ4v) is 2.92. The number of aromatic nitrogens is 3. The molecule has 6 heteroatoms. The number of piperazine rings is 1. The molecule has 1 aromatic carbocycles. The minimum Gasteiger partial charge on any atom is -0.508 e. The number of nitrogens with one attached hydrogen (secondary N) is 1. The summed E-state index contributed by atoms with van der Waals surface area (Å²) in [6.45, 7) is 6.71. The van der Waals surface area contributed by atoms with Gasteiger partial charge in [0.2, 0.25) is 5.95 Å². The highest BCUT2D eigenvalue weighted by molar-refractivity contribution is 5.35. The molecule has 1 aromatic heterocycles. The van der Waals surface area contributed by atoms with Gasteiger partial charge in [0.1, 0.15) is 5.75 Å². The summed E-state index contributed by atoms with van der Waals surface area (Å²) in [5.41, 5.74) is 3.18. The average molecular weight is 313 g/mol. The summed E-state index contributed by atoms with van der Waals surface area (Å²) in [6.07, 6.45) is 1.74. The van der Waals surface area contributed by atoms with Gasteiger partial charge in [-0.2, -0.15) is 5.10 Å². The first-order chi connectivity index (χ1) is 11.2. The summed E-state index contributed by atoms with van der Waals surface area (Å²) < 4.78 is 0. The van der Waals surface area contributed by atoms with Gasteiger partial charge >= 0.3 is 0 Å². The van der Waals surface area contributed by atoms with Crippen LogP contribution >= 0.6 is 0 Å². The van der Waals surface area contributed by atoms with Crippen LogP contribution in [0.1, 0.15) is 36.8 Å². The van der Waals surface area contributed by atoms with Gasteiger partial charge in [-0.15, -0.1) is 5.10 Å². The maximum atomic E-state index is 9.43. The Hall–Kier alpha value is -2.21. The van der Waals surface area contributed by atoms with Crippen molar-refractivity contribution in [3.63, 3.8) is 0 Å². The standard InChI is InChI=1S/C17H23N5O/c1-3-14-15(4-2)20-21-17(19-14)22-10-9-18-16(11-22)12-5-7-13(23)8-6-12/h5-8,16,18,23H,3-4,9-11H2,1-2H3. The monoisotopic (exact) mass is 313 g/mol. The van der Waals surface area contributed by atoms with Gasteiger partial charge in [0.15, 0.2) is 0 Å². The Morgan fingerprint density at radius 1 is 1.13 bits per heavy atom. The van der Waals surface area contributed by atoms with Crippen LogP contribution < -0.4 is 10.2 Å². The van der Waals surface area contributed by atoms with E-state index in [-0.39, 0.29) is 11.8 Å². The molecule has 0 bridgehead atoms. The molecule has 2 aromatic rings. The van der Waals surface area contributed by atoms with E-state index in [1.807, 2.05) is 12.1 Å². The first kappa shape index (κ1) is 15.7. The van der Waals surface area contributed by atoms with Crippen molar-refractivity contribution in [1.82, 2.24) is 20.5 Å². The largest absolute Gasteiger partial charge is 0.508 e. The molecule has 23 heavy (non-hydrogen) atoms. The second-order valence-electron chi connectivity index (χ2n) is 5.76. The molecule has 1 fully saturated rings. The lowest BCUT2D eigenvalue weighted by Crippen LogP contribution is -2.46. The first-order valence-corrected chi connectivity index (χ1v) is 8.21. The van der Waals surface area contributed by atoms with Crippen molar-refractivity contribution in [2.24, 2.45) is 0 Å².